The van der Waals surface area contributed by atoms with Crippen molar-refractivity contribution in [1.82, 2.24) is 4.90 Å². The second kappa shape index (κ2) is 6.71. The summed E-state index contributed by atoms with van der Waals surface area (Å²) in [6.07, 6.45) is 0. The van der Waals surface area contributed by atoms with E-state index in [0.717, 1.165) is 40.4 Å². The minimum Gasteiger partial charge on any atom is -0.450 e. The van der Waals surface area contributed by atoms with Crippen molar-refractivity contribution in [2.45, 2.75) is 6.92 Å². The number of anilines is 1. The van der Waals surface area contributed by atoms with Gasteiger partial charge in [-0.2, -0.15) is 0 Å². The van der Waals surface area contributed by atoms with Gasteiger partial charge >= 0.3 is 0 Å². The molecule has 1 fully saturated rings. The van der Waals surface area contributed by atoms with Gasteiger partial charge in [0.2, 0.25) is 0 Å². The number of hydrogen-bond acceptors (Lipinski definition) is 3. The first-order valence-corrected chi connectivity index (χ1v) is 9.72. The van der Waals surface area contributed by atoms with Gasteiger partial charge in [0.25, 0.3) is 5.91 Å². The van der Waals surface area contributed by atoms with E-state index < -0.39 is 0 Å². The van der Waals surface area contributed by atoms with Crippen LogP contribution in [-0.2, 0) is 0 Å². The third-order valence-corrected chi connectivity index (χ3v) is 5.71. The van der Waals surface area contributed by atoms with Crippen LogP contribution in [0.2, 0.25) is 0 Å². The molecule has 0 saturated carbocycles. The van der Waals surface area contributed by atoms with Crippen LogP contribution in [0.25, 0.3) is 21.7 Å². The van der Waals surface area contributed by atoms with E-state index in [1.165, 1.54) is 5.69 Å². The molecule has 0 atom stereocenters. The Hall–Kier alpha value is -3.27. The van der Waals surface area contributed by atoms with E-state index in [1.807, 2.05) is 36.1 Å². The minimum atomic E-state index is -0.00880. The van der Waals surface area contributed by atoms with Gasteiger partial charge in [0.1, 0.15) is 5.58 Å². The number of furan rings is 1. The summed E-state index contributed by atoms with van der Waals surface area (Å²) in [5.41, 5.74) is 2.94. The number of nitrogens with zero attached hydrogens (tertiary/aromatic N) is 2. The van der Waals surface area contributed by atoms with Gasteiger partial charge in [0.05, 0.1) is 0 Å². The Kier molecular flexibility index (Phi) is 4.05. The lowest BCUT2D eigenvalue weighted by molar-refractivity contribution is 0.0716. The summed E-state index contributed by atoms with van der Waals surface area (Å²) in [5, 5.41) is 3.19. The highest BCUT2D eigenvalue weighted by Gasteiger charge is 2.27. The molecule has 0 aliphatic carbocycles. The topological polar surface area (TPSA) is 36.7 Å². The summed E-state index contributed by atoms with van der Waals surface area (Å²) in [6.45, 7) is 5.04. The molecule has 2 heterocycles. The molecule has 0 spiro atoms. The van der Waals surface area contributed by atoms with Crippen LogP contribution in [0.5, 0.6) is 0 Å². The number of carbonyl (C=O) groups excluding carboxylic acids is 1. The molecule has 28 heavy (non-hydrogen) atoms. The SMILES string of the molecule is Cc1c(C(=O)N2CCN(c3ccccc3)CC2)oc2c1ccc1ccccc12. The summed E-state index contributed by atoms with van der Waals surface area (Å²) in [6, 6.07) is 22.6. The molecule has 3 aromatic carbocycles. The van der Waals surface area contributed by atoms with Crippen molar-refractivity contribution in [2.75, 3.05) is 31.1 Å². The molecule has 140 valence electrons. The van der Waals surface area contributed by atoms with E-state index in [2.05, 4.69) is 47.4 Å². The van der Waals surface area contributed by atoms with Crippen LogP contribution in [-0.4, -0.2) is 37.0 Å². The summed E-state index contributed by atoms with van der Waals surface area (Å²) in [4.78, 5) is 17.4. The zero-order valence-electron chi connectivity index (χ0n) is 15.9. The predicted octanol–water partition coefficient (Wildman–Crippen LogP) is 4.86. The van der Waals surface area contributed by atoms with E-state index in [1.54, 1.807) is 0 Å². The monoisotopic (exact) mass is 370 g/mol. The maximum atomic E-state index is 13.2. The zero-order valence-corrected chi connectivity index (χ0v) is 15.9. The number of hydrogen-bond donors (Lipinski definition) is 0. The molecule has 4 heteroatoms. The molecule has 1 aliphatic heterocycles. The Morgan fingerprint density at radius 2 is 1.54 bits per heavy atom. The Labute approximate surface area is 164 Å². The molecule has 0 N–H and O–H groups in total. The summed E-state index contributed by atoms with van der Waals surface area (Å²) in [5.74, 6) is 0.463. The Balaban J connectivity index is 1.42. The van der Waals surface area contributed by atoms with Crippen molar-refractivity contribution in [3.8, 4) is 0 Å². The van der Waals surface area contributed by atoms with Crippen LogP contribution >= 0.6 is 0 Å². The van der Waals surface area contributed by atoms with Crippen molar-refractivity contribution >= 4 is 33.3 Å². The molecular weight excluding hydrogens is 348 g/mol. The summed E-state index contributed by atoms with van der Waals surface area (Å²) in [7, 11) is 0. The number of aryl methyl sites for hydroxylation is 1. The second-order valence-electron chi connectivity index (χ2n) is 7.33. The highest BCUT2D eigenvalue weighted by molar-refractivity contribution is 6.08. The maximum Gasteiger partial charge on any atom is 0.290 e. The first kappa shape index (κ1) is 16.9. The van der Waals surface area contributed by atoms with Gasteiger partial charge in [-0.15, -0.1) is 0 Å². The van der Waals surface area contributed by atoms with Crippen molar-refractivity contribution in [3.05, 3.63) is 78.1 Å². The average molecular weight is 370 g/mol. The molecule has 5 rings (SSSR count). The lowest BCUT2D eigenvalue weighted by Gasteiger charge is -2.35. The van der Waals surface area contributed by atoms with Gasteiger partial charge in [-0.05, 0) is 24.4 Å². The Bertz CT molecular complexity index is 1160. The fourth-order valence-electron chi connectivity index (χ4n) is 4.10. The van der Waals surface area contributed by atoms with Gasteiger partial charge in [-0.3, -0.25) is 4.79 Å². The van der Waals surface area contributed by atoms with Crippen LogP contribution in [0.3, 0.4) is 0 Å². The zero-order chi connectivity index (χ0) is 19.1. The van der Waals surface area contributed by atoms with E-state index >= 15 is 0 Å². The molecule has 1 saturated heterocycles. The third kappa shape index (κ3) is 2.73. The van der Waals surface area contributed by atoms with Gasteiger partial charge in [-0.25, -0.2) is 0 Å². The number of benzene rings is 3. The molecule has 0 radical (unpaired) electrons. The molecule has 0 bridgehead atoms. The second-order valence-corrected chi connectivity index (χ2v) is 7.33. The minimum absolute atomic E-state index is 0.00880. The number of fused-ring (bicyclic) bond motifs is 3. The quantitative estimate of drug-likeness (QED) is 0.506. The van der Waals surface area contributed by atoms with Crippen molar-refractivity contribution in [3.63, 3.8) is 0 Å². The number of rotatable bonds is 2. The molecule has 4 nitrogen and oxygen atoms in total. The van der Waals surface area contributed by atoms with E-state index in [-0.39, 0.29) is 5.91 Å². The van der Waals surface area contributed by atoms with E-state index in [0.29, 0.717) is 18.8 Å². The Morgan fingerprint density at radius 3 is 2.32 bits per heavy atom. The number of para-hydroxylation sites is 1. The van der Waals surface area contributed by atoms with E-state index in [4.69, 9.17) is 4.42 Å². The van der Waals surface area contributed by atoms with Crippen LogP contribution < -0.4 is 4.90 Å². The fraction of sp³-hybridized carbons (Fsp3) is 0.208. The predicted molar refractivity (Wildman–Crippen MR) is 113 cm³/mol. The highest BCUT2D eigenvalue weighted by atomic mass is 16.3. The molecular formula is C24H22N2O2. The highest BCUT2D eigenvalue weighted by Crippen LogP contribution is 2.32. The summed E-state index contributed by atoms with van der Waals surface area (Å²) < 4.78 is 6.13. The van der Waals surface area contributed by atoms with Crippen molar-refractivity contribution in [2.24, 2.45) is 0 Å². The molecule has 4 aromatic rings. The van der Waals surface area contributed by atoms with Crippen molar-refractivity contribution < 1.29 is 9.21 Å². The average Bonchev–Trinajstić information content (AvgIpc) is 3.11. The molecule has 1 aliphatic rings. The first-order chi connectivity index (χ1) is 13.7. The third-order valence-electron chi connectivity index (χ3n) is 5.71. The smallest absolute Gasteiger partial charge is 0.290 e. The van der Waals surface area contributed by atoms with Crippen molar-refractivity contribution in [1.29, 1.82) is 0 Å². The van der Waals surface area contributed by atoms with Gasteiger partial charge in [-0.1, -0.05) is 54.6 Å². The van der Waals surface area contributed by atoms with E-state index in [9.17, 15) is 4.79 Å². The maximum absolute atomic E-state index is 13.2. The molecule has 0 unspecified atom stereocenters. The number of carbonyl (C=O) groups is 1. The van der Waals surface area contributed by atoms with Crippen LogP contribution in [0.4, 0.5) is 5.69 Å². The first-order valence-electron chi connectivity index (χ1n) is 9.72. The van der Waals surface area contributed by atoms with Gasteiger partial charge in [0, 0.05) is 48.2 Å². The summed E-state index contributed by atoms with van der Waals surface area (Å²) >= 11 is 0. The number of piperazine rings is 1. The fourth-order valence-corrected chi connectivity index (χ4v) is 4.10. The van der Waals surface area contributed by atoms with Gasteiger partial charge < -0.3 is 14.2 Å². The number of amides is 1. The lowest BCUT2D eigenvalue weighted by atomic mass is 10.1. The lowest BCUT2D eigenvalue weighted by Crippen LogP contribution is -2.48. The molecule has 1 amide bonds. The standard InChI is InChI=1S/C24H22N2O2/c1-17-20-12-11-18-7-5-6-10-21(18)23(20)28-22(17)24(27)26-15-13-25(14-16-26)19-8-3-2-4-9-19/h2-12H,13-16H2,1H3. The van der Waals surface area contributed by atoms with Crippen LogP contribution in [0.1, 0.15) is 16.1 Å². The van der Waals surface area contributed by atoms with Crippen LogP contribution in [0, 0.1) is 6.92 Å². The normalized spacial score (nSPS) is 14.8. The van der Waals surface area contributed by atoms with Crippen LogP contribution in [0.15, 0.2) is 71.1 Å². The largest absolute Gasteiger partial charge is 0.450 e. The Morgan fingerprint density at radius 1 is 0.821 bits per heavy atom. The molecule has 1 aromatic heterocycles. The van der Waals surface area contributed by atoms with Gasteiger partial charge in [0.15, 0.2) is 5.76 Å².